The topological polar surface area (TPSA) is 95.9 Å². The Balaban J connectivity index is 3.44. The molecular formula is C61H117NO5. The third-order valence-electron chi connectivity index (χ3n) is 14.0. The molecule has 0 saturated heterocycles. The molecule has 6 heteroatoms. The predicted molar refractivity (Wildman–Crippen MR) is 292 cm³/mol. The van der Waals surface area contributed by atoms with Gasteiger partial charge >= 0.3 is 5.97 Å². The molecule has 0 radical (unpaired) electrons. The molecule has 0 spiro atoms. The lowest BCUT2D eigenvalue weighted by atomic mass is 10.0. The molecular weight excluding hydrogens is 827 g/mol. The lowest BCUT2D eigenvalue weighted by molar-refractivity contribution is -0.143. The predicted octanol–water partition coefficient (Wildman–Crippen LogP) is 18.6. The van der Waals surface area contributed by atoms with Gasteiger partial charge in [-0.3, -0.25) is 9.59 Å². The number of allylic oxidation sites excluding steroid dienone is 4. The number of aliphatic hydroxyl groups excluding tert-OH is 2. The van der Waals surface area contributed by atoms with E-state index in [-0.39, 0.29) is 18.5 Å². The maximum absolute atomic E-state index is 12.5. The van der Waals surface area contributed by atoms with Crippen molar-refractivity contribution in [3.63, 3.8) is 0 Å². The van der Waals surface area contributed by atoms with E-state index < -0.39 is 12.1 Å². The van der Waals surface area contributed by atoms with Crippen molar-refractivity contribution in [1.82, 2.24) is 5.32 Å². The van der Waals surface area contributed by atoms with E-state index in [9.17, 15) is 19.8 Å². The van der Waals surface area contributed by atoms with Crippen LogP contribution in [0, 0.1) is 0 Å². The van der Waals surface area contributed by atoms with Crippen molar-refractivity contribution in [2.75, 3.05) is 13.2 Å². The number of unbranched alkanes of at least 4 members (excludes halogenated alkanes) is 41. The van der Waals surface area contributed by atoms with Gasteiger partial charge < -0.3 is 20.3 Å². The highest BCUT2D eigenvalue weighted by Crippen LogP contribution is 2.18. The van der Waals surface area contributed by atoms with Gasteiger partial charge in [0.2, 0.25) is 5.91 Å². The fourth-order valence-electron chi connectivity index (χ4n) is 9.38. The summed E-state index contributed by atoms with van der Waals surface area (Å²) in [4.78, 5) is 24.6. The highest BCUT2D eigenvalue weighted by Gasteiger charge is 2.20. The molecule has 2 unspecified atom stereocenters. The maximum atomic E-state index is 12.5. The summed E-state index contributed by atoms with van der Waals surface area (Å²) in [5.74, 6) is -0.0522. The van der Waals surface area contributed by atoms with Crippen LogP contribution >= 0.6 is 0 Å². The van der Waals surface area contributed by atoms with E-state index in [0.717, 1.165) is 57.8 Å². The highest BCUT2D eigenvalue weighted by atomic mass is 16.5. The molecule has 0 aliphatic carbocycles. The third-order valence-corrected chi connectivity index (χ3v) is 14.0. The molecule has 2 atom stereocenters. The molecule has 0 bridgehead atoms. The Morgan fingerprint density at radius 3 is 1.16 bits per heavy atom. The SMILES string of the molecule is CCCCC/C=C\C/C=C\CCCCCCCCCC(=O)OCCCCCCCCCCCCCCCCC(=O)NC(CO)C(O)CCCCCCCCCCCCCCCCCCCCC. The van der Waals surface area contributed by atoms with Crippen LogP contribution in [0.25, 0.3) is 0 Å². The van der Waals surface area contributed by atoms with Crippen LogP contribution in [0.1, 0.15) is 328 Å². The van der Waals surface area contributed by atoms with Gasteiger partial charge in [-0.15, -0.1) is 0 Å². The Morgan fingerprint density at radius 2 is 0.746 bits per heavy atom. The molecule has 67 heavy (non-hydrogen) atoms. The van der Waals surface area contributed by atoms with Gasteiger partial charge in [-0.05, 0) is 57.8 Å². The van der Waals surface area contributed by atoms with Gasteiger partial charge in [-0.25, -0.2) is 0 Å². The molecule has 0 saturated carbocycles. The van der Waals surface area contributed by atoms with Crippen LogP contribution in [0.4, 0.5) is 0 Å². The molecule has 3 N–H and O–H groups in total. The van der Waals surface area contributed by atoms with Crippen molar-refractivity contribution < 1.29 is 24.5 Å². The molecule has 0 aromatic rings. The number of amides is 1. The average molecular weight is 945 g/mol. The first-order chi connectivity index (χ1) is 33.0. The van der Waals surface area contributed by atoms with Crippen LogP contribution in [0.5, 0.6) is 0 Å². The number of carbonyl (C=O) groups excluding carboxylic acids is 2. The zero-order valence-corrected chi connectivity index (χ0v) is 45.1. The summed E-state index contributed by atoms with van der Waals surface area (Å²) < 4.78 is 5.48. The van der Waals surface area contributed by atoms with Crippen molar-refractivity contribution >= 4 is 11.9 Å². The van der Waals surface area contributed by atoms with E-state index in [4.69, 9.17) is 4.74 Å². The normalized spacial score (nSPS) is 12.7. The zero-order valence-electron chi connectivity index (χ0n) is 45.1. The molecule has 0 aliphatic heterocycles. The van der Waals surface area contributed by atoms with Gasteiger partial charge in [0, 0.05) is 12.8 Å². The van der Waals surface area contributed by atoms with Gasteiger partial charge in [0.15, 0.2) is 0 Å². The molecule has 0 heterocycles. The first-order valence-corrected chi connectivity index (χ1v) is 30.1. The van der Waals surface area contributed by atoms with Gasteiger partial charge in [0.05, 0.1) is 25.4 Å². The largest absolute Gasteiger partial charge is 0.466 e. The van der Waals surface area contributed by atoms with Crippen molar-refractivity contribution in [3.8, 4) is 0 Å². The molecule has 0 fully saturated rings. The number of esters is 1. The molecule has 396 valence electrons. The summed E-state index contributed by atoms with van der Waals surface area (Å²) in [6.07, 6.45) is 68.8. The number of ether oxygens (including phenoxy) is 1. The minimum absolute atomic E-state index is 0.00916. The summed E-state index contributed by atoms with van der Waals surface area (Å²) in [5, 5.41) is 23.3. The number of rotatable bonds is 56. The van der Waals surface area contributed by atoms with Gasteiger partial charge in [0.25, 0.3) is 0 Å². The third kappa shape index (κ3) is 53.5. The minimum Gasteiger partial charge on any atom is -0.466 e. The molecule has 1 amide bonds. The van der Waals surface area contributed by atoms with Crippen LogP contribution in [0.3, 0.4) is 0 Å². The molecule has 6 nitrogen and oxygen atoms in total. The van der Waals surface area contributed by atoms with E-state index in [0.29, 0.717) is 25.9 Å². The lowest BCUT2D eigenvalue weighted by Crippen LogP contribution is -2.45. The number of hydrogen-bond donors (Lipinski definition) is 3. The average Bonchev–Trinajstić information content (AvgIpc) is 3.33. The van der Waals surface area contributed by atoms with Gasteiger partial charge in [-0.1, -0.05) is 282 Å². The van der Waals surface area contributed by atoms with E-state index >= 15 is 0 Å². The zero-order chi connectivity index (χ0) is 48.6. The molecule has 0 rings (SSSR count). The van der Waals surface area contributed by atoms with Crippen molar-refractivity contribution in [2.45, 2.75) is 341 Å². The summed E-state index contributed by atoms with van der Waals surface area (Å²) in [6.45, 7) is 4.92. The Labute approximate surface area is 418 Å². The summed E-state index contributed by atoms with van der Waals surface area (Å²) in [7, 11) is 0. The second-order valence-corrected chi connectivity index (χ2v) is 20.7. The van der Waals surface area contributed by atoms with Crippen molar-refractivity contribution in [1.29, 1.82) is 0 Å². The van der Waals surface area contributed by atoms with Gasteiger partial charge in [0.1, 0.15) is 0 Å². The fraction of sp³-hybridized carbons (Fsp3) is 0.902. The molecule has 0 aliphatic rings. The quantitative estimate of drug-likeness (QED) is 0.0321. The first-order valence-electron chi connectivity index (χ1n) is 30.1. The van der Waals surface area contributed by atoms with Crippen molar-refractivity contribution in [3.05, 3.63) is 24.3 Å². The lowest BCUT2D eigenvalue weighted by Gasteiger charge is -2.22. The highest BCUT2D eigenvalue weighted by molar-refractivity contribution is 5.76. The Morgan fingerprint density at radius 1 is 0.418 bits per heavy atom. The van der Waals surface area contributed by atoms with Crippen LogP contribution < -0.4 is 5.32 Å². The first kappa shape index (κ1) is 65.3. The van der Waals surface area contributed by atoms with Crippen LogP contribution in [0.15, 0.2) is 24.3 Å². The van der Waals surface area contributed by atoms with Crippen LogP contribution in [-0.4, -0.2) is 47.4 Å². The molecule has 0 aromatic carbocycles. The monoisotopic (exact) mass is 944 g/mol. The number of hydrogen-bond acceptors (Lipinski definition) is 5. The molecule has 0 aromatic heterocycles. The second kappa shape index (κ2) is 56.9. The van der Waals surface area contributed by atoms with Crippen LogP contribution in [0.2, 0.25) is 0 Å². The van der Waals surface area contributed by atoms with Crippen molar-refractivity contribution in [2.24, 2.45) is 0 Å². The smallest absolute Gasteiger partial charge is 0.305 e. The number of nitrogens with one attached hydrogen (secondary N) is 1. The standard InChI is InChI=1S/C61H117NO5/c1-3-5-7-9-11-13-15-17-19-21-22-24-25-29-33-37-41-45-49-53-59(64)58(57-63)62-60(65)54-50-46-42-38-34-30-27-28-32-36-40-44-48-52-56-67-61(66)55-51-47-43-39-35-31-26-23-20-18-16-14-12-10-8-6-4-2/h12,14,18,20,58-59,63-64H,3-11,13,15-17,19,21-57H2,1-2H3,(H,62,65)/b14-12-,20-18-. The van der Waals surface area contributed by atoms with Gasteiger partial charge in [-0.2, -0.15) is 0 Å². The Bertz CT molecular complexity index is 1040. The van der Waals surface area contributed by atoms with E-state index in [2.05, 4.69) is 43.5 Å². The summed E-state index contributed by atoms with van der Waals surface area (Å²) in [5.41, 5.74) is 0. The minimum atomic E-state index is -0.672. The van der Waals surface area contributed by atoms with E-state index in [1.54, 1.807) is 0 Å². The summed E-state index contributed by atoms with van der Waals surface area (Å²) >= 11 is 0. The number of aliphatic hydroxyl groups is 2. The second-order valence-electron chi connectivity index (χ2n) is 20.7. The Kier molecular flexibility index (Phi) is 55.5. The van der Waals surface area contributed by atoms with Crippen LogP contribution in [-0.2, 0) is 14.3 Å². The maximum Gasteiger partial charge on any atom is 0.305 e. The summed E-state index contributed by atoms with van der Waals surface area (Å²) in [6, 6.07) is -0.550. The van der Waals surface area contributed by atoms with E-state index in [1.165, 1.54) is 238 Å². The Hall–Kier alpha value is -1.66. The number of carbonyl (C=O) groups is 2. The fourth-order valence-corrected chi connectivity index (χ4v) is 9.38. The van der Waals surface area contributed by atoms with E-state index in [1.807, 2.05) is 0 Å².